The summed E-state index contributed by atoms with van der Waals surface area (Å²) in [5, 5.41) is 4.46. The first-order chi connectivity index (χ1) is 9.63. The van der Waals surface area contributed by atoms with Gasteiger partial charge in [-0.25, -0.2) is 9.07 Å². The van der Waals surface area contributed by atoms with Crippen LogP contribution in [0.2, 0.25) is 0 Å². The maximum atomic E-state index is 12.9. The number of aromatic nitrogens is 2. The first kappa shape index (κ1) is 12.9. The van der Waals surface area contributed by atoms with Gasteiger partial charge in [0, 0.05) is 10.0 Å². The molecule has 0 aliphatic heterocycles. The van der Waals surface area contributed by atoms with Gasteiger partial charge in [0.25, 0.3) is 0 Å². The second kappa shape index (κ2) is 5.09. The van der Waals surface area contributed by atoms with Crippen molar-refractivity contribution in [1.29, 1.82) is 0 Å². The summed E-state index contributed by atoms with van der Waals surface area (Å²) in [6.45, 7) is 0. The number of benzene rings is 2. The van der Waals surface area contributed by atoms with Crippen molar-refractivity contribution in [1.82, 2.24) is 9.78 Å². The van der Waals surface area contributed by atoms with Gasteiger partial charge < -0.3 is 5.73 Å². The highest BCUT2D eigenvalue weighted by Gasteiger charge is 2.09. The quantitative estimate of drug-likeness (QED) is 0.770. The Kier molecular flexibility index (Phi) is 3.28. The van der Waals surface area contributed by atoms with Crippen molar-refractivity contribution in [2.75, 3.05) is 5.73 Å². The van der Waals surface area contributed by atoms with Crippen molar-refractivity contribution >= 4 is 21.6 Å². The minimum atomic E-state index is -0.278. The Balaban J connectivity index is 2.02. The Morgan fingerprint density at radius 2 is 1.65 bits per heavy atom. The molecule has 0 unspecified atom stereocenters. The minimum absolute atomic E-state index is 0.278. The van der Waals surface area contributed by atoms with Crippen LogP contribution >= 0.6 is 15.9 Å². The van der Waals surface area contributed by atoms with E-state index in [1.54, 1.807) is 23.0 Å². The van der Waals surface area contributed by atoms with E-state index in [4.69, 9.17) is 5.73 Å². The maximum absolute atomic E-state index is 12.9. The molecule has 0 fully saturated rings. The Morgan fingerprint density at radius 1 is 1.00 bits per heavy atom. The highest BCUT2D eigenvalue weighted by Crippen LogP contribution is 2.26. The van der Waals surface area contributed by atoms with Gasteiger partial charge in [-0.1, -0.05) is 15.9 Å². The highest BCUT2D eigenvalue weighted by molar-refractivity contribution is 9.10. The van der Waals surface area contributed by atoms with Crippen LogP contribution in [0.25, 0.3) is 16.9 Å². The molecule has 1 heterocycles. The van der Waals surface area contributed by atoms with Gasteiger partial charge in [0.05, 0.1) is 17.6 Å². The Labute approximate surface area is 124 Å². The molecule has 100 valence electrons. The molecular weight excluding hydrogens is 321 g/mol. The van der Waals surface area contributed by atoms with E-state index in [0.29, 0.717) is 11.4 Å². The Bertz CT molecular complexity index is 733. The summed E-state index contributed by atoms with van der Waals surface area (Å²) < 4.78 is 15.7. The van der Waals surface area contributed by atoms with Gasteiger partial charge in [0.1, 0.15) is 11.5 Å². The number of hydrogen-bond acceptors (Lipinski definition) is 2. The van der Waals surface area contributed by atoms with E-state index >= 15 is 0 Å². The Morgan fingerprint density at radius 3 is 2.30 bits per heavy atom. The van der Waals surface area contributed by atoms with Crippen molar-refractivity contribution in [2.45, 2.75) is 0 Å². The van der Waals surface area contributed by atoms with Gasteiger partial charge in [-0.05, 0) is 48.5 Å². The largest absolute Gasteiger partial charge is 0.396 e. The molecular formula is C15H11BrFN3. The van der Waals surface area contributed by atoms with Crippen molar-refractivity contribution in [2.24, 2.45) is 0 Å². The summed E-state index contributed by atoms with van der Waals surface area (Å²) in [7, 11) is 0. The zero-order chi connectivity index (χ0) is 14.1. The average molecular weight is 332 g/mol. The number of nitrogen functional groups attached to an aromatic ring is 1. The van der Waals surface area contributed by atoms with Crippen molar-refractivity contribution in [3.05, 3.63) is 65.0 Å². The van der Waals surface area contributed by atoms with Gasteiger partial charge >= 0.3 is 0 Å². The molecule has 0 saturated carbocycles. The fourth-order valence-corrected chi connectivity index (χ4v) is 2.21. The summed E-state index contributed by atoms with van der Waals surface area (Å²) in [4.78, 5) is 0. The van der Waals surface area contributed by atoms with E-state index in [2.05, 4.69) is 21.0 Å². The smallest absolute Gasteiger partial charge is 0.123 e. The Hall–Kier alpha value is -2.14. The molecule has 5 heteroatoms. The SMILES string of the molecule is Nc1cn(-c2ccc(Br)cc2)nc1-c1ccc(F)cc1. The van der Waals surface area contributed by atoms with Crippen LogP contribution in [-0.2, 0) is 0 Å². The average Bonchev–Trinajstić information content (AvgIpc) is 2.82. The van der Waals surface area contributed by atoms with Crippen LogP contribution in [0.4, 0.5) is 10.1 Å². The summed E-state index contributed by atoms with van der Waals surface area (Å²) in [5.41, 5.74) is 8.90. The van der Waals surface area contributed by atoms with Crippen LogP contribution in [0.1, 0.15) is 0 Å². The van der Waals surface area contributed by atoms with E-state index in [1.165, 1.54) is 12.1 Å². The van der Waals surface area contributed by atoms with Gasteiger partial charge in [0.2, 0.25) is 0 Å². The van der Waals surface area contributed by atoms with Crippen LogP contribution in [-0.4, -0.2) is 9.78 Å². The van der Waals surface area contributed by atoms with Crippen molar-refractivity contribution < 1.29 is 4.39 Å². The van der Waals surface area contributed by atoms with E-state index in [0.717, 1.165) is 15.7 Å². The lowest BCUT2D eigenvalue weighted by Gasteiger charge is -2.01. The molecule has 2 N–H and O–H groups in total. The lowest BCUT2D eigenvalue weighted by Crippen LogP contribution is -1.94. The zero-order valence-corrected chi connectivity index (χ0v) is 12.0. The molecule has 0 radical (unpaired) electrons. The predicted molar refractivity (Wildman–Crippen MR) is 81.1 cm³/mol. The molecule has 0 spiro atoms. The highest BCUT2D eigenvalue weighted by atomic mass is 79.9. The molecule has 0 bridgehead atoms. The van der Waals surface area contributed by atoms with E-state index in [-0.39, 0.29) is 5.82 Å². The number of nitrogens with zero attached hydrogens (tertiary/aromatic N) is 2. The van der Waals surface area contributed by atoms with Crippen LogP contribution < -0.4 is 5.73 Å². The molecule has 0 saturated heterocycles. The van der Waals surface area contributed by atoms with Gasteiger partial charge in [0.15, 0.2) is 0 Å². The molecule has 3 nitrogen and oxygen atoms in total. The minimum Gasteiger partial charge on any atom is -0.396 e. The number of rotatable bonds is 2. The third-order valence-electron chi connectivity index (χ3n) is 2.95. The van der Waals surface area contributed by atoms with Crippen LogP contribution in [0.5, 0.6) is 0 Å². The topological polar surface area (TPSA) is 43.8 Å². The molecule has 20 heavy (non-hydrogen) atoms. The molecule has 3 rings (SSSR count). The first-order valence-corrected chi connectivity index (χ1v) is 6.80. The standard InChI is InChI=1S/C15H11BrFN3/c16-11-3-7-13(8-4-11)20-9-14(18)15(19-20)10-1-5-12(17)6-2-10/h1-9H,18H2. The lowest BCUT2D eigenvalue weighted by atomic mass is 10.1. The molecule has 0 amide bonds. The monoisotopic (exact) mass is 331 g/mol. The molecule has 2 aromatic carbocycles. The number of nitrogens with two attached hydrogens (primary N) is 1. The van der Waals surface area contributed by atoms with Crippen LogP contribution in [0.15, 0.2) is 59.2 Å². The van der Waals surface area contributed by atoms with E-state index in [9.17, 15) is 4.39 Å². The van der Waals surface area contributed by atoms with Gasteiger partial charge in [-0.2, -0.15) is 5.10 Å². The number of hydrogen-bond donors (Lipinski definition) is 1. The summed E-state index contributed by atoms with van der Waals surface area (Å²) in [6.07, 6.45) is 1.75. The zero-order valence-electron chi connectivity index (χ0n) is 10.4. The van der Waals surface area contributed by atoms with E-state index in [1.807, 2.05) is 24.3 Å². The first-order valence-electron chi connectivity index (χ1n) is 6.00. The molecule has 1 aromatic heterocycles. The maximum Gasteiger partial charge on any atom is 0.123 e. The number of anilines is 1. The third-order valence-corrected chi connectivity index (χ3v) is 3.48. The van der Waals surface area contributed by atoms with E-state index < -0.39 is 0 Å². The van der Waals surface area contributed by atoms with Crippen LogP contribution in [0, 0.1) is 5.82 Å². The lowest BCUT2D eigenvalue weighted by molar-refractivity contribution is 0.628. The van der Waals surface area contributed by atoms with Crippen molar-refractivity contribution in [3.8, 4) is 16.9 Å². The molecule has 0 atom stereocenters. The summed E-state index contributed by atoms with van der Waals surface area (Å²) in [5.74, 6) is -0.278. The molecule has 0 aliphatic carbocycles. The van der Waals surface area contributed by atoms with Crippen LogP contribution in [0.3, 0.4) is 0 Å². The molecule has 3 aromatic rings. The summed E-state index contributed by atoms with van der Waals surface area (Å²) >= 11 is 3.39. The predicted octanol–water partition coefficient (Wildman–Crippen LogP) is 4.02. The summed E-state index contributed by atoms with van der Waals surface area (Å²) in [6, 6.07) is 13.9. The second-order valence-corrected chi connectivity index (χ2v) is 5.28. The van der Waals surface area contributed by atoms with Gasteiger partial charge in [-0.3, -0.25) is 0 Å². The van der Waals surface area contributed by atoms with Gasteiger partial charge in [-0.15, -0.1) is 0 Å². The third kappa shape index (κ3) is 2.44. The molecule has 0 aliphatic rings. The second-order valence-electron chi connectivity index (χ2n) is 4.36. The van der Waals surface area contributed by atoms with Crippen molar-refractivity contribution in [3.63, 3.8) is 0 Å². The normalized spacial score (nSPS) is 10.7. The number of halogens is 2. The fourth-order valence-electron chi connectivity index (χ4n) is 1.95. The fraction of sp³-hybridized carbons (Fsp3) is 0.